The van der Waals surface area contributed by atoms with E-state index in [4.69, 9.17) is 21.1 Å². The van der Waals surface area contributed by atoms with Crippen molar-refractivity contribution in [1.29, 1.82) is 0 Å². The Kier molecular flexibility index (Phi) is 9.04. The normalized spacial score (nSPS) is 15.5. The third-order valence-electron chi connectivity index (χ3n) is 7.59. The summed E-state index contributed by atoms with van der Waals surface area (Å²) in [6, 6.07) is 22.7. The van der Waals surface area contributed by atoms with Gasteiger partial charge in [0.15, 0.2) is 11.5 Å². The van der Waals surface area contributed by atoms with Gasteiger partial charge in [-0.1, -0.05) is 85.5 Å². The highest BCUT2D eigenvalue weighted by Crippen LogP contribution is 2.33. The van der Waals surface area contributed by atoms with Crippen molar-refractivity contribution in [3.05, 3.63) is 94.5 Å². The Labute approximate surface area is 235 Å². The highest BCUT2D eigenvalue weighted by molar-refractivity contribution is 6.31. The van der Waals surface area contributed by atoms with E-state index in [9.17, 15) is 9.59 Å². The van der Waals surface area contributed by atoms with Crippen molar-refractivity contribution in [3.8, 4) is 11.5 Å². The molecule has 1 atom stereocenters. The Balaban J connectivity index is 1.40. The molecule has 1 unspecified atom stereocenters. The van der Waals surface area contributed by atoms with Gasteiger partial charge in [-0.15, -0.1) is 0 Å². The number of nitrogens with one attached hydrogen (secondary N) is 1. The molecule has 0 radical (unpaired) electrons. The molecule has 1 fully saturated rings. The molecule has 204 valence electrons. The molecule has 1 heterocycles. The first-order valence-electron chi connectivity index (χ1n) is 13.8. The summed E-state index contributed by atoms with van der Waals surface area (Å²) in [6.07, 6.45) is 6.61. The first kappa shape index (κ1) is 27.1. The van der Waals surface area contributed by atoms with Crippen LogP contribution in [-0.2, 0) is 29.0 Å². The third kappa shape index (κ3) is 7.12. The summed E-state index contributed by atoms with van der Waals surface area (Å²) in [5.74, 6) is 1.22. The van der Waals surface area contributed by atoms with Gasteiger partial charge < -0.3 is 19.7 Å². The molecule has 7 heteroatoms. The van der Waals surface area contributed by atoms with Crippen LogP contribution >= 0.6 is 11.6 Å². The molecule has 1 saturated carbocycles. The van der Waals surface area contributed by atoms with Gasteiger partial charge in [-0.2, -0.15) is 0 Å². The minimum absolute atomic E-state index is 0.0905. The van der Waals surface area contributed by atoms with Gasteiger partial charge in [0, 0.05) is 30.5 Å². The smallest absolute Gasteiger partial charge is 0.243 e. The highest BCUT2D eigenvalue weighted by Gasteiger charge is 2.32. The summed E-state index contributed by atoms with van der Waals surface area (Å²) in [4.78, 5) is 29.5. The van der Waals surface area contributed by atoms with Crippen molar-refractivity contribution in [2.75, 3.05) is 6.79 Å². The summed E-state index contributed by atoms with van der Waals surface area (Å²) in [5.41, 5.74) is 2.81. The number of ether oxygens (including phenoxy) is 2. The van der Waals surface area contributed by atoms with Gasteiger partial charge in [-0.25, -0.2) is 0 Å². The van der Waals surface area contributed by atoms with Crippen molar-refractivity contribution in [3.63, 3.8) is 0 Å². The first-order chi connectivity index (χ1) is 19.1. The average Bonchev–Trinajstić information content (AvgIpc) is 3.44. The Morgan fingerprint density at radius 3 is 2.44 bits per heavy atom. The molecule has 1 N–H and O–H groups in total. The van der Waals surface area contributed by atoms with Gasteiger partial charge in [0.2, 0.25) is 18.6 Å². The van der Waals surface area contributed by atoms with Crippen LogP contribution in [0.5, 0.6) is 11.5 Å². The monoisotopic (exact) mass is 546 g/mol. The second-order valence-corrected chi connectivity index (χ2v) is 10.8. The first-order valence-corrected chi connectivity index (χ1v) is 14.2. The molecule has 2 aliphatic rings. The molecule has 3 aromatic carbocycles. The maximum absolute atomic E-state index is 13.9. The van der Waals surface area contributed by atoms with E-state index < -0.39 is 6.04 Å². The lowest BCUT2D eigenvalue weighted by molar-refractivity contribution is -0.141. The second-order valence-electron chi connectivity index (χ2n) is 10.3. The van der Waals surface area contributed by atoms with Crippen LogP contribution in [0, 0.1) is 0 Å². The molecule has 0 bridgehead atoms. The summed E-state index contributed by atoms with van der Waals surface area (Å²) in [6.45, 7) is 0.468. The van der Waals surface area contributed by atoms with Crippen molar-refractivity contribution < 1.29 is 19.1 Å². The Hall–Kier alpha value is -3.51. The van der Waals surface area contributed by atoms with E-state index in [-0.39, 0.29) is 37.6 Å². The number of carbonyl (C=O) groups excluding carboxylic acids is 2. The Morgan fingerprint density at radius 1 is 0.897 bits per heavy atom. The van der Waals surface area contributed by atoms with Gasteiger partial charge in [-0.3, -0.25) is 9.59 Å². The molecule has 3 aromatic rings. The molecule has 39 heavy (non-hydrogen) atoms. The van der Waals surface area contributed by atoms with E-state index in [1.807, 2.05) is 72.8 Å². The molecule has 0 aromatic heterocycles. The van der Waals surface area contributed by atoms with Crippen molar-refractivity contribution >= 4 is 23.4 Å². The fourth-order valence-corrected chi connectivity index (χ4v) is 5.60. The number of nitrogens with zero attached hydrogens (tertiary/aromatic N) is 1. The minimum atomic E-state index is -0.658. The van der Waals surface area contributed by atoms with Crippen molar-refractivity contribution in [2.24, 2.45) is 0 Å². The van der Waals surface area contributed by atoms with E-state index in [2.05, 4.69) is 5.32 Å². The average molecular weight is 547 g/mol. The van der Waals surface area contributed by atoms with Crippen LogP contribution in [0.15, 0.2) is 72.8 Å². The highest BCUT2D eigenvalue weighted by atomic mass is 35.5. The van der Waals surface area contributed by atoms with Crippen molar-refractivity contribution in [2.45, 2.75) is 70.0 Å². The summed E-state index contributed by atoms with van der Waals surface area (Å²) in [5, 5.41) is 3.86. The number of aryl methyl sites for hydroxylation is 1. The van der Waals surface area contributed by atoms with Crippen LogP contribution < -0.4 is 14.8 Å². The van der Waals surface area contributed by atoms with Crippen LogP contribution in [0.1, 0.15) is 55.2 Å². The van der Waals surface area contributed by atoms with Crippen molar-refractivity contribution in [1.82, 2.24) is 10.2 Å². The van der Waals surface area contributed by atoms with Crippen LogP contribution in [-0.4, -0.2) is 35.6 Å². The van der Waals surface area contributed by atoms with Gasteiger partial charge in [0.05, 0.1) is 0 Å². The van der Waals surface area contributed by atoms with E-state index in [0.29, 0.717) is 29.4 Å². The van der Waals surface area contributed by atoms with Gasteiger partial charge in [-0.05, 0) is 54.2 Å². The summed E-state index contributed by atoms with van der Waals surface area (Å²) >= 11 is 6.54. The summed E-state index contributed by atoms with van der Waals surface area (Å²) in [7, 11) is 0. The number of hydrogen-bond donors (Lipinski definition) is 1. The maximum atomic E-state index is 13.9. The zero-order valence-corrected chi connectivity index (χ0v) is 22.9. The molecule has 1 aliphatic heterocycles. The van der Waals surface area contributed by atoms with E-state index in [0.717, 1.165) is 42.4 Å². The predicted octanol–water partition coefficient (Wildman–Crippen LogP) is 6.09. The molecular formula is C32H35ClN2O4. The molecule has 1 aliphatic carbocycles. The number of carbonyl (C=O) groups is 2. The largest absolute Gasteiger partial charge is 0.454 e. The lowest BCUT2D eigenvalue weighted by Gasteiger charge is -2.33. The van der Waals surface area contributed by atoms with Crippen LogP contribution in [0.2, 0.25) is 5.02 Å². The molecule has 5 rings (SSSR count). The van der Waals surface area contributed by atoms with Crippen LogP contribution in [0.25, 0.3) is 0 Å². The number of hydrogen-bond acceptors (Lipinski definition) is 4. The third-order valence-corrected chi connectivity index (χ3v) is 7.95. The molecule has 2 amide bonds. The summed E-state index contributed by atoms with van der Waals surface area (Å²) < 4.78 is 10.9. The fourth-order valence-electron chi connectivity index (χ4n) is 5.40. The number of benzene rings is 3. The lowest BCUT2D eigenvalue weighted by Crippen LogP contribution is -2.53. The van der Waals surface area contributed by atoms with E-state index in [1.165, 1.54) is 6.42 Å². The molecular weight excluding hydrogens is 512 g/mol. The van der Waals surface area contributed by atoms with E-state index >= 15 is 0 Å². The quantitative estimate of drug-likeness (QED) is 0.334. The van der Waals surface area contributed by atoms with Crippen LogP contribution in [0.3, 0.4) is 0 Å². The number of amides is 2. The lowest BCUT2D eigenvalue weighted by atomic mass is 9.94. The van der Waals surface area contributed by atoms with Gasteiger partial charge in [0.1, 0.15) is 6.04 Å². The molecule has 6 nitrogen and oxygen atoms in total. The van der Waals surface area contributed by atoms with Gasteiger partial charge >= 0.3 is 0 Å². The SMILES string of the molecule is O=C(NC1CCCCC1)C(Cc1ccccc1)N(Cc1ccccc1Cl)C(=O)CCc1ccc2c(c1)OCO2. The molecule has 0 spiro atoms. The number of halogens is 1. The minimum Gasteiger partial charge on any atom is -0.454 e. The standard InChI is InChI=1S/C32H35ClN2O4/c33-27-14-8-7-11-25(27)21-35(31(36)18-16-24-15-17-29-30(20-24)39-22-38-29)28(19-23-9-3-1-4-10-23)32(37)34-26-12-5-2-6-13-26/h1,3-4,7-11,14-15,17,20,26,28H,2,5-6,12-13,16,18-19,21-22H2,(H,34,37). The van der Waals surface area contributed by atoms with E-state index in [1.54, 1.807) is 4.90 Å². The van der Waals surface area contributed by atoms with Gasteiger partial charge in [0.25, 0.3) is 0 Å². The van der Waals surface area contributed by atoms with Crippen LogP contribution in [0.4, 0.5) is 0 Å². The Morgan fingerprint density at radius 2 is 1.64 bits per heavy atom. The fraction of sp³-hybridized carbons (Fsp3) is 0.375. The topological polar surface area (TPSA) is 67.9 Å². The number of fused-ring (bicyclic) bond motifs is 1. The molecule has 0 saturated heterocycles. The second kappa shape index (κ2) is 13.0. The Bertz CT molecular complexity index is 1280. The number of rotatable bonds is 10. The zero-order valence-electron chi connectivity index (χ0n) is 22.1. The predicted molar refractivity (Wildman–Crippen MR) is 152 cm³/mol. The maximum Gasteiger partial charge on any atom is 0.243 e. The zero-order chi connectivity index (χ0) is 27.0.